The highest BCUT2D eigenvalue weighted by molar-refractivity contribution is 7.87. The van der Waals surface area contributed by atoms with Crippen molar-refractivity contribution in [2.24, 2.45) is 11.0 Å². The average Bonchev–Trinajstić information content (AvgIpc) is 3.67. The van der Waals surface area contributed by atoms with E-state index in [2.05, 4.69) is 25.7 Å². The number of nitrogens with zero attached hydrogens (tertiary/aromatic N) is 4. The first-order valence-corrected chi connectivity index (χ1v) is 14.5. The number of aryl methyl sites for hydroxylation is 1. The van der Waals surface area contributed by atoms with Gasteiger partial charge in [-0.05, 0) is 67.6 Å². The standard InChI is InChI=1S/C26H24Cl2N6O5S/c1-15-11-17(27)12-18(25(35)31-14-16-7-8-16)23(15)32-26(36)20-13-21(33-34(20)24-19(28)5-4-10-30-24)39-40(37,38)22-6-2-3-9-29-22/h2-6,9-12,16,20H,7-8,13-14H2,1H3,(H,31,35)(H,32,36). The summed E-state index contributed by atoms with van der Waals surface area (Å²) in [5.41, 5.74) is 1.03. The summed E-state index contributed by atoms with van der Waals surface area (Å²) in [7, 11) is -4.33. The van der Waals surface area contributed by atoms with Crippen LogP contribution >= 0.6 is 23.2 Å². The van der Waals surface area contributed by atoms with E-state index in [1.54, 1.807) is 31.2 Å². The average molecular weight is 603 g/mol. The fourth-order valence-corrected chi connectivity index (χ4v) is 5.45. The lowest BCUT2D eigenvalue weighted by atomic mass is 10.1. The minimum absolute atomic E-state index is 0.119. The molecule has 1 atom stereocenters. The van der Waals surface area contributed by atoms with Gasteiger partial charge in [-0.25, -0.2) is 15.0 Å². The zero-order valence-electron chi connectivity index (χ0n) is 21.2. The van der Waals surface area contributed by atoms with Crippen molar-refractivity contribution in [3.63, 3.8) is 0 Å². The predicted octanol–water partition coefficient (Wildman–Crippen LogP) is 4.17. The molecule has 1 fully saturated rings. The van der Waals surface area contributed by atoms with Gasteiger partial charge in [0.2, 0.25) is 11.8 Å². The number of halogens is 2. The third-order valence-corrected chi connectivity index (χ3v) is 7.96. The zero-order valence-corrected chi connectivity index (χ0v) is 23.5. The quantitative estimate of drug-likeness (QED) is 0.366. The van der Waals surface area contributed by atoms with E-state index in [4.69, 9.17) is 27.4 Å². The minimum atomic E-state index is -4.33. The molecule has 208 valence electrons. The second kappa shape index (κ2) is 11.4. The van der Waals surface area contributed by atoms with Gasteiger partial charge in [0.1, 0.15) is 6.04 Å². The number of nitrogens with one attached hydrogen (secondary N) is 2. The van der Waals surface area contributed by atoms with Gasteiger partial charge < -0.3 is 14.8 Å². The molecule has 0 radical (unpaired) electrons. The number of rotatable bonds is 8. The normalized spacial score (nSPS) is 16.8. The largest absolute Gasteiger partial charge is 0.360 e. The van der Waals surface area contributed by atoms with Crippen molar-refractivity contribution in [1.82, 2.24) is 15.3 Å². The Morgan fingerprint density at radius 2 is 1.88 bits per heavy atom. The maximum absolute atomic E-state index is 13.7. The Kier molecular flexibility index (Phi) is 7.92. The van der Waals surface area contributed by atoms with E-state index in [0.29, 0.717) is 23.0 Å². The first-order chi connectivity index (χ1) is 19.1. The van der Waals surface area contributed by atoms with E-state index in [1.807, 2.05) is 0 Å². The number of amides is 2. The molecule has 2 N–H and O–H groups in total. The molecule has 2 aliphatic rings. The van der Waals surface area contributed by atoms with Crippen molar-refractivity contribution in [2.45, 2.75) is 37.3 Å². The molecule has 3 aromatic rings. The summed E-state index contributed by atoms with van der Waals surface area (Å²) < 4.78 is 30.8. The molecule has 1 aliphatic heterocycles. The van der Waals surface area contributed by atoms with Crippen LogP contribution in [0.3, 0.4) is 0 Å². The summed E-state index contributed by atoms with van der Waals surface area (Å²) in [4.78, 5) is 34.7. The molecule has 40 heavy (non-hydrogen) atoms. The molecular weight excluding hydrogens is 579 g/mol. The SMILES string of the molecule is Cc1cc(Cl)cc(C(=O)NCC2CC2)c1NC(=O)C1CC(OS(=O)(=O)c2ccccn2)=NN1c1ncccc1Cl. The van der Waals surface area contributed by atoms with Crippen molar-refractivity contribution in [2.75, 3.05) is 16.9 Å². The van der Waals surface area contributed by atoms with E-state index in [0.717, 1.165) is 12.8 Å². The van der Waals surface area contributed by atoms with Crippen LogP contribution < -0.4 is 15.6 Å². The van der Waals surface area contributed by atoms with Gasteiger partial charge in [0.15, 0.2) is 10.8 Å². The fraction of sp³-hybridized carbons (Fsp3) is 0.269. The number of aromatic nitrogens is 2. The molecule has 2 amide bonds. The number of carbonyl (C=O) groups is 2. The molecule has 2 aromatic heterocycles. The minimum Gasteiger partial charge on any atom is -0.360 e. The Morgan fingerprint density at radius 3 is 2.58 bits per heavy atom. The molecule has 3 heterocycles. The van der Waals surface area contributed by atoms with E-state index in [1.165, 1.54) is 35.6 Å². The number of hydrogen-bond donors (Lipinski definition) is 2. The summed E-state index contributed by atoms with van der Waals surface area (Å²) in [6, 6.07) is 9.51. The Labute approximate surface area is 240 Å². The summed E-state index contributed by atoms with van der Waals surface area (Å²) in [5.74, 6) is -0.655. The lowest BCUT2D eigenvalue weighted by molar-refractivity contribution is -0.117. The van der Waals surface area contributed by atoms with Crippen molar-refractivity contribution in [3.8, 4) is 0 Å². The van der Waals surface area contributed by atoms with Gasteiger partial charge in [-0.1, -0.05) is 29.3 Å². The number of carbonyl (C=O) groups excluding carboxylic acids is 2. The smallest absolute Gasteiger partial charge is 0.358 e. The lowest BCUT2D eigenvalue weighted by Crippen LogP contribution is -2.40. The Balaban J connectivity index is 1.43. The maximum Gasteiger partial charge on any atom is 0.358 e. The van der Waals surface area contributed by atoms with Crippen LogP contribution in [0.15, 0.2) is 65.0 Å². The van der Waals surface area contributed by atoms with Gasteiger partial charge in [0, 0.05) is 24.0 Å². The van der Waals surface area contributed by atoms with Crippen LogP contribution in [0.25, 0.3) is 0 Å². The van der Waals surface area contributed by atoms with Crippen molar-refractivity contribution in [3.05, 3.63) is 76.0 Å². The number of hydrogen-bond acceptors (Lipinski definition) is 9. The van der Waals surface area contributed by atoms with Crippen LogP contribution in [0.5, 0.6) is 0 Å². The number of hydrazone groups is 1. The van der Waals surface area contributed by atoms with E-state index in [-0.39, 0.29) is 45.3 Å². The third-order valence-electron chi connectivity index (χ3n) is 6.28. The molecule has 1 aromatic carbocycles. The molecule has 0 spiro atoms. The van der Waals surface area contributed by atoms with E-state index < -0.39 is 22.1 Å². The van der Waals surface area contributed by atoms with Crippen LogP contribution in [0.2, 0.25) is 10.0 Å². The van der Waals surface area contributed by atoms with Crippen LogP contribution in [0.4, 0.5) is 11.5 Å². The van der Waals surface area contributed by atoms with Gasteiger partial charge in [-0.3, -0.25) is 9.59 Å². The lowest BCUT2D eigenvalue weighted by Gasteiger charge is -2.23. The Hall–Kier alpha value is -3.74. The molecule has 1 saturated carbocycles. The van der Waals surface area contributed by atoms with Gasteiger partial charge in [-0.2, -0.15) is 8.42 Å². The Bertz CT molecular complexity index is 1600. The van der Waals surface area contributed by atoms with Gasteiger partial charge >= 0.3 is 10.1 Å². The summed E-state index contributed by atoms with van der Waals surface area (Å²) in [6.07, 6.45) is 4.66. The maximum atomic E-state index is 13.7. The zero-order chi connectivity index (χ0) is 28.4. The molecule has 11 nitrogen and oxygen atoms in total. The number of benzene rings is 1. The van der Waals surface area contributed by atoms with E-state index in [9.17, 15) is 18.0 Å². The predicted molar refractivity (Wildman–Crippen MR) is 150 cm³/mol. The highest BCUT2D eigenvalue weighted by atomic mass is 35.5. The summed E-state index contributed by atoms with van der Waals surface area (Å²) in [6.45, 7) is 2.25. The molecular formula is C26H24Cl2N6O5S. The molecule has 14 heteroatoms. The number of anilines is 2. The van der Waals surface area contributed by atoms with Crippen molar-refractivity contribution >= 4 is 62.5 Å². The molecule has 1 aliphatic carbocycles. The first kappa shape index (κ1) is 27.8. The van der Waals surface area contributed by atoms with Crippen molar-refractivity contribution in [1.29, 1.82) is 0 Å². The first-order valence-electron chi connectivity index (χ1n) is 12.3. The highest BCUT2D eigenvalue weighted by Crippen LogP contribution is 2.33. The fourth-order valence-electron chi connectivity index (χ4n) is 4.09. The Morgan fingerprint density at radius 1 is 1.10 bits per heavy atom. The monoisotopic (exact) mass is 602 g/mol. The van der Waals surface area contributed by atoms with Crippen LogP contribution in [0.1, 0.15) is 35.2 Å². The highest BCUT2D eigenvalue weighted by Gasteiger charge is 2.39. The summed E-state index contributed by atoms with van der Waals surface area (Å²) >= 11 is 12.6. The second-order valence-electron chi connectivity index (χ2n) is 9.36. The van der Waals surface area contributed by atoms with Crippen LogP contribution in [-0.4, -0.2) is 48.7 Å². The third kappa shape index (κ3) is 6.19. The molecule has 0 saturated heterocycles. The summed E-state index contributed by atoms with van der Waals surface area (Å²) in [5, 5.41) is 11.3. The molecule has 5 rings (SSSR count). The molecule has 1 unspecified atom stereocenters. The topological polar surface area (TPSA) is 143 Å². The van der Waals surface area contributed by atoms with Crippen LogP contribution in [-0.2, 0) is 19.1 Å². The van der Waals surface area contributed by atoms with Crippen molar-refractivity contribution < 1.29 is 22.2 Å². The van der Waals surface area contributed by atoms with Gasteiger partial charge in [-0.15, -0.1) is 5.10 Å². The van der Waals surface area contributed by atoms with Gasteiger partial charge in [0.05, 0.1) is 22.7 Å². The van der Waals surface area contributed by atoms with E-state index >= 15 is 0 Å². The van der Waals surface area contributed by atoms with Crippen LogP contribution in [0, 0.1) is 12.8 Å². The van der Waals surface area contributed by atoms with Gasteiger partial charge in [0.25, 0.3) is 5.91 Å². The second-order valence-corrected chi connectivity index (χ2v) is 11.7. The number of pyridine rings is 2. The molecule has 0 bridgehead atoms.